The van der Waals surface area contributed by atoms with Crippen molar-refractivity contribution in [3.05, 3.63) is 21.3 Å². The number of thiophene rings is 1. The van der Waals surface area contributed by atoms with Crippen molar-refractivity contribution in [2.45, 2.75) is 32.2 Å². The number of halogens is 1. The Hall–Kier alpha value is -0.0900. The van der Waals surface area contributed by atoms with Crippen molar-refractivity contribution >= 4 is 22.9 Å². The zero-order chi connectivity index (χ0) is 12.1. The molecule has 2 heterocycles. The SMILES string of the molecule is CC(NCCN1CCCCC1)c1csc(Cl)c1. The first-order valence-corrected chi connectivity index (χ1v) is 7.71. The summed E-state index contributed by atoms with van der Waals surface area (Å²) in [5.41, 5.74) is 1.30. The molecule has 4 heteroatoms. The Kier molecular flexibility index (Phi) is 5.29. The van der Waals surface area contributed by atoms with Crippen molar-refractivity contribution in [1.82, 2.24) is 10.2 Å². The van der Waals surface area contributed by atoms with E-state index in [1.165, 1.54) is 44.5 Å². The summed E-state index contributed by atoms with van der Waals surface area (Å²) in [5, 5.41) is 5.71. The number of piperidine rings is 1. The largest absolute Gasteiger partial charge is 0.309 e. The third kappa shape index (κ3) is 4.25. The molecule has 1 N–H and O–H groups in total. The van der Waals surface area contributed by atoms with E-state index >= 15 is 0 Å². The molecule has 1 saturated heterocycles. The molecule has 1 unspecified atom stereocenters. The van der Waals surface area contributed by atoms with Crippen LogP contribution in [0.25, 0.3) is 0 Å². The summed E-state index contributed by atoms with van der Waals surface area (Å²) >= 11 is 7.55. The van der Waals surface area contributed by atoms with Crippen molar-refractivity contribution in [1.29, 1.82) is 0 Å². The predicted octanol–water partition coefficient (Wildman–Crippen LogP) is 3.54. The summed E-state index contributed by atoms with van der Waals surface area (Å²) in [5.74, 6) is 0. The van der Waals surface area contributed by atoms with Gasteiger partial charge in [-0.25, -0.2) is 0 Å². The van der Waals surface area contributed by atoms with Crippen LogP contribution in [0.1, 0.15) is 37.8 Å². The summed E-state index contributed by atoms with van der Waals surface area (Å²) < 4.78 is 0.879. The minimum Gasteiger partial charge on any atom is -0.309 e. The van der Waals surface area contributed by atoms with Gasteiger partial charge in [0.05, 0.1) is 4.34 Å². The van der Waals surface area contributed by atoms with Crippen LogP contribution < -0.4 is 5.32 Å². The molecule has 0 saturated carbocycles. The highest BCUT2D eigenvalue weighted by Crippen LogP contribution is 2.24. The van der Waals surface area contributed by atoms with Gasteiger partial charge < -0.3 is 10.2 Å². The van der Waals surface area contributed by atoms with Crippen molar-refractivity contribution in [3.8, 4) is 0 Å². The molecule has 96 valence electrons. The molecule has 2 rings (SSSR count). The van der Waals surface area contributed by atoms with E-state index in [1.54, 1.807) is 11.3 Å². The van der Waals surface area contributed by atoms with Crippen LogP contribution in [0.5, 0.6) is 0 Å². The summed E-state index contributed by atoms with van der Waals surface area (Å²) in [6.45, 7) is 6.99. The quantitative estimate of drug-likeness (QED) is 0.882. The minimum atomic E-state index is 0.406. The van der Waals surface area contributed by atoms with Gasteiger partial charge in [0.25, 0.3) is 0 Å². The number of rotatable bonds is 5. The molecule has 1 aliphatic heterocycles. The average Bonchev–Trinajstić information content (AvgIpc) is 2.77. The molecule has 1 aliphatic rings. The van der Waals surface area contributed by atoms with Gasteiger partial charge in [-0.05, 0) is 49.9 Å². The molecule has 1 atom stereocenters. The molecule has 0 spiro atoms. The summed E-state index contributed by atoms with van der Waals surface area (Å²) in [6.07, 6.45) is 4.15. The maximum Gasteiger partial charge on any atom is 0.0931 e. The van der Waals surface area contributed by atoms with Crippen LogP contribution in [-0.4, -0.2) is 31.1 Å². The molecule has 2 nitrogen and oxygen atoms in total. The standard InChI is InChI=1S/C13H21ClN2S/c1-11(12-9-13(14)17-10-12)15-5-8-16-6-3-2-4-7-16/h9-11,15H,2-8H2,1H3. The molecule has 1 fully saturated rings. The second-order valence-corrected chi connectivity index (χ2v) is 6.30. The predicted molar refractivity (Wildman–Crippen MR) is 76.0 cm³/mol. The Morgan fingerprint density at radius 3 is 2.82 bits per heavy atom. The van der Waals surface area contributed by atoms with Crippen LogP contribution in [0, 0.1) is 0 Å². The van der Waals surface area contributed by atoms with Crippen molar-refractivity contribution in [2.75, 3.05) is 26.2 Å². The highest BCUT2D eigenvalue weighted by atomic mass is 35.5. The summed E-state index contributed by atoms with van der Waals surface area (Å²) in [4.78, 5) is 2.56. The molecule has 1 aromatic rings. The smallest absolute Gasteiger partial charge is 0.0931 e. The van der Waals surface area contributed by atoms with E-state index in [0.29, 0.717) is 6.04 Å². The lowest BCUT2D eigenvalue weighted by Gasteiger charge is -2.27. The molecule has 0 aromatic carbocycles. The number of hydrogen-bond donors (Lipinski definition) is 1. The van der Waals surface area contributed by atoms with Gasteiger partial charge in [-0.2, -0.15) is 0 Å². The fourth-order valence-corrected chi connectivity index (χ4v) is 3.28. The molecule has 0 amide bonds. The highest BCUT2D eigenvalue weighted by Gasteiger charge is 2.11. The Bertz CT molecular complexity index is 334. The second-order valence-electron chi connectivity index (χ2n) is 4.76. The first-order valence-electron chi connectivity index (χ1n) is 6.45. The molecular formula is C13H21ClN2S. The van der Waals surface area contributed by atoms with Crippen LogP contribution in [0.3, 0.4) is 0 Å². The van der Waals surface area contributed by atoms with Gasteiger partial charge in [0.1, 0.15) is 0 Å². The van der Waals surface area contributed by atoms with Crippen LogP contribution in [-0.2, 0) is 0 Å². The number of nitrogens with zero attached hydrogens (tertiary/aromatic N) is 1. The lowest BCUT2D eigenvalue weighted by Crippen LogP contribution is -2.36. The van der Waals surface area contributed by atoms with E-state index in [-0.39, 0.29) is 0 Å². The molecule has 17 heavy (non-hydrogen) atoms. The fourth-order valence-electron chi connectivity index (χ4n) is 2.29. The van der Waals surface area contributed by atoms with E-state index in [2.05, 4.69) is 28.6 Å². The topological polar surface area (TPSA) is 15.3 Å². The maximum atomic E-state index is 5.94. The van der Waals surface area contributed by atoms with E-state index in [9.17, 15) is 0 Å². The van der Waals surface area contributed by atoms with Crippen LogP contribution in [0.4, 0.5) is 0 Å². The lowest BCUT2D eigenvalue weighted by molar-refractivity contribution is 0.227. The van der Waals surface area contributed by atoms with Gasteiger partial charge in [0.15, 0.2) is 0 Å². The van der Waals surface area contributed by atoms with Crippen LogP contribution >= 0.6 is 22.9 Å². The Labute approximate surface area is 113 Å². The van der Waals surface area contributed by atoms with Gasteiger partial charge in [0.2, 0.25) is 0 Å². The second kappa shape index (κ2) is 6.74. The normalized spacial score (nSPS) is 19.4. The van der Waals surface area contributed by atoms with Crippen molar-refractivity contribution in [3.63, 3.8) is 0 Å². The average molecular weight is 273 g/mol. The monoisotopic (exact) mass is 272 g/mol. The molecule has 0 bridgehead atoms. The summed E-state index contributed by atoms with van der Waals surface area (Å²) in [7, 11) is 0. The number of likely N-dealkylation sites (tertiary alicyclic amines) is 1. The van der Waals surface area contributed by atoms with E-state index in [4.69, 9.17) is 11.6 Å². The third-order valence-electron chi connectivity index (χ3n) is 3.41. The van der Waals surface area contributed by atoms with E-state index in [1.807, 2.05) is 0 Å². The minimum absolute atomic E-state index is 0.406. The molecule has 1 aromatic heterocycles. The number of nitrogens with one attached hydrogen (secondary N) is 1. The molecular weight excluding hydrogens is 252 g/mol. The zero-order valence-corrected chi connectivity index (χ0v) is 12.0. The van der Waals surface area contributed by atoms with Gasteiger partial charge in [-0.3, -0.25) is 0 Å². The van der Waals surface area contributed by atoms with Crippen LogP contribution in [0.2, 0.25) is 4.34 Å². The van der Waals surface area contributed by atoms with Crippen LogP contribution in [0.15, 0.2) is 11.4 Å². The van der Waals surface area contributed by atoms with Gasteiger partial charge in [-0.15, -0.1) is 11.3 Å². The highest BCUT2D eigenvalue weighted by molar-refractivity contribution is 7.14. The lowest BCUT2D eigenvalue weighted by atomic mass is 10.1. The Balaban J connectivity index is 1.67. The van der Waals surface area contributed by atoms with Crippen molar-refractivity contribution < 1.29 is 0 Å². The van der Waals surface area contributed by atoms with E-state index in [0.717, 1.165) is 10.9 Å². The van der Waals surface area contributed by atoms with E-state index < -0.39 is 0 Å². The van der Waals surface area contributed by atoms with Gasteiger partial charge in [-0.1, -0.05) is 18.0 Å². The first-order chi connectivity index (χ1) is 8.25. The molecule has 0 radical (unpaired) electrons. The Morgan fingerprint density at radius 2 is 2.18 bits per heavy atom. The number of hydrogen-bond acceptors (Lipinski definition) is 3. The zero-order valence-electron chi connectivity index (χ0n) is 10.4. The molecule has 0 aliphatic carbocycles. The van der Waals surface area contributed by atoms with Gasteiger partial charge >= 0.3 is 0 Å². The maximum absolute atomic E-state index is 5.94. The summed E-state index contributed by atoms with van der Waals surface area (Å²) in [6, 6.07) is 2.47. The van der Waals surface area contributed by atoms with Gasteiger partial charge in [0, 0.05) is 19.1 Å². The Morgan fingerprint density at radius 1 is 1.41 bits per heavy atom. The fraction of sp³-hybridized carbons (Fsp3) is 0.692. The van der Waals surface area contributed by atoms with Crippen molar-refractivity contribution in [2.24, 2.45) is 0 Å². The first kappa shape index (κ1) is 13.3. The third-order valence-corrected chi connectivity index (χ3v) is 4.52.